The summed E-state index contributed by atoms with van der Waals surface area (Å²) in [5.74, 6) is 1.02. The minimum atomic E-state index is 0.257. The van der Waals surface area contributed by atoms with Gasteiger partial charge in [-0.15, -0.1) is 0 Å². The molecule has 1 N–H and O–H groups in total. The zero-order valence-corrected chi connectivity index (χ0v) is 10.7. The first-order valence-corrected chi connectivity index (χ1v) is 6.46. The van der Waals surface area contributed by atoms with Gasteiger partial charge in [-0.1, -0.05) is 0 Å². The van der Waals surface area contributed by atoms with Crippen LogP contribution in [-0.4, -0.2) is 35.6 Å². The zero-order chi connectivity index (χ0) is 11.1. The standard InChI is InChI=1S/C13H26N2/c1-10(8-14-13(2,3)4)15-9-11-5-6-12(15)7-11/h10-12,14H,5-9H2,1-4H3. The van der Waals surface area contributed by atoms with Crippen LogP contribution in [0.3, 0.4) is 0 Å². The predicted molar refractivity (Wildman–Crippen MR) is 65.1 cm³/mol. The van der Waals surface area contributed by atoms with Crippen LogP contribution >= 0.6 is 0 Å². The SMILES string of the molecule is CC(CNC(C)(C)C)N1CC2CCC1C2. The lowest BCUT2D eigenvalue weighted by Gasteiger charge is -2.34. The Hall–Kier alpha value is -0.0800. The number of rotatable bonds is 3. The highest BCUT2D eigenvalue weighted by Gasteiger charge is 2.39. The van der Waals surface area contributed by atoms with Crippen molar-refractivity contribution in [1.82, 2.24) is 10.2 Å². The molecule has 1 saturated heterocycles. The fraction of sp³-hybridized carbons (Fsp3) is 1.00. The summed E-state index contributed by atoms with van der Waals surface area (Å²) >= 11 is 0. The van der Waals surface area contributed by atoms with Gasteiger partial charge < -0.3 is 5.32 Å². The molecule has 0 spiro atoms. The number of hydrogen-bond donors (Lipinski definition) is 1. The van der Waals surface area contributed by atoms with Gasteiger partial charge in [0.25, 0.3) is 0 Å². The third-order valence-corrected chi connectivity index (χ3v) is 3.95. The molecular formula is C13H26N2. The van der Waals surface area contributed by atoms with Crippen LogP contribution in [0.1, 0.15) is 47.0 Å². The van der Waals surface area contributed by atoms with Gasteiger partial charge in [-0.3, -0.25) is 4.90 Å². The number of nitrogens with zero attached hydrogens (tertiary/aromatic N) is 1. The summed E-state index contributed by atoms with van der Waals surface area (Å²) in [6.45, 7) is 11.6. The molecule has 2 fully saturated rings. The van der Waals surface area contributed by atoms with E-state index in [1.54, 1.807) is 0 Å². The Morgan fingerprint density at radius 1 is 1.33 bits per heavy atom. The minimum Gasteiger partial charge on any atom is -0.311 e. The lowest BCUT2D eigenvalue weighted by Crippen LogP contribution is -2.48. The molecule has 1 saturated carbocycles. The van der Waals surface area contributed by atoms with Crippen molar-refractivity contribution in [1.29, 1.82) is 0 Å². The van der Waals surface area contributed by atoms with Crippen LogP contribution in [0.2, 0.25) is 0 Å². The average molecular weight is 210 g/mol. The summed E-state index contributed by atoms with van der Waals surface area (Å²) in [5.41, 5.74) is 0.257. The van der Waals surface area contributed by atoms with Gasteiger partial charge >= 0.3 is 0 Å². The van der Waals surface area contributed by atoms with Gasteiger partial charge in [0.15, 0.2) is 0 Å². The molecule has 1 aliphatic heterocycles. The maximum Gasteiger partial charge on any atom is 0.0195 e. The zero-order valence-electron chi connectivity index (χ0n) is 10.7. The first-order chi connectivity index (χ1) is 6.96. The summed E-state index contributed by atoms with van der Waals surface area (Å²) in [6.07, 6.45) is 4.41. The molecule has 1 aliphatic carbocycles. The van der Waals surface area contributed by atoms with Crippen LogP contribution in [-0.2, 0) is 0 Å². The van der Waals surface area contributed by atoms with Gasteiger partial charge in [0, 0.05) is 30.7 Å². The van der Waals surface area contributed by atoms with E-state index < -0.39 is 0 Å². The summed E-state index contributed by atoms with van der Waals surface area (Å²) in [6, 6.07) is 1.62. The molecule has 15 heavy (non-hydrogen) atoms. The molecule has 0 radical (unpaired) electrons. The van der Waals surface area contributed by atoms with Crippen molar-refractivity contribution < 1.29 is 0 Å². The number of hydrogen-bond acceptors (Lipinski definition) is 2. The highest BCUT2D eigenvalue weighted by molar-refractivity contribution is 4.94. The maximum atomic E-state index is 3.62. The van der Waals surface area contributed by atoms with E-state index in [9.17, 15) is 0 Å². The van der Waals surface area contributed by atoms with Crippen LogP contribution in [0, 0.1) is 5.92 Å². The van der Waals surface area contributed by atoms with Crippen LogP contribution in [0.4, 0.5) is 0 Å². The van der Waals surface area contributed by atoms with E-state index in [2.05, 4.69) is 37.9 Å². The molecule has 2 aliphatic rings. The monoisotopic (exact) mass is 210 g/mol. The van der Waals surface area contributed by atoms with Gasteiger partial charge in [0.1, 0.15) is 0 Å². The first kappa shape index (κ1) is 11.4. The van der Waals surface area contributed by atoms with E-state index in [1.807, 2.05) is 0 Å². The number of nitrogens with one attached hydrogen (secondary N) is 1. The van der Waals surface area contributed by atoms with Gasteiger partial charge in [-0.05, 0) is 52.9 Å². The lowest BCUT2D eigenvalue weighted by molar-refractivity contribution is 0.150. The summed E-state index contributed by atoms with van der Waals surface area (Å²) < 4.78 is 0. The summed E-state index contributed by atoms with van der Waals surface area (Å²) in [4.78, 5) is 2.73. The van der Waals surface area contributed by atoms with Crippen LogP contribution in [0.5, 0.6) is 0 Å². The fourth-order valence-corrected chi connectivity index (χ4v) is 3.07. The first-order valence-electron chi connectivity index (χ1n) is 6.46. The Morgan fingerprint density at radius 3 is 2.53 bits per heavy atom. The molecular weight excluding hydrogens is 184 g/mol. The summed E-state index contributed by atoms with van der Waals surface area (Å²) in [5, 5.41) is 3.62. The van der Waals surface area contributed by atoms with Crippen LogP contribution < -0.4 is 5.32 Å². The molecule has 0 aromatic carbocycles. The second-order valence-corrected chi connectivity index (χ2v) is 6.51. The molecule has 2 rings (SSSR count). The van der Waals surface area contributed by atoms with Crippen molar-refractivity contribution in [2.45, 2.75) is 64.6 Å². The molecule has 3 atom stereocenters. The lowest BCUT2D eigenvalue weighted by atomic mass is 10.1. The Bertz CT molecular complexity index is 219. The highest BCUT2D eigenvalue weighted by atomic mass is 15.2. The van der Waals surface area contributed by atoms with E-state index in [4.69, 9.17) is 0 Å². The van der Waals surface area contributed by atoms with Crippen molar-refractivity contribution in [3.8, 4) is 0 Å². The number of likely N-dealkylation sites (tertiary alicyclic amines) is 1. The smallest absolute Gasteiger partial charge is 0.0195 e. The molecule has 2 heteroatoms. The second-order valence-electron chi connectivity index (χ2n) is 6.51. The van der Waals surface area contributed by atoms with E-state index in [1.165, 1.54) is 25.8 Å². The molecule has 2 nitrogen and oxygen atoms in total. The predicted octanol–water partition coefficient (Wildman–Crippen LogP) is 2.25. The molecule has 3 unspecified atom stereocenters. The Morgan fingerprint density at radius 2 is 2.07 bits per heavy atom. The maximum absolute atomic E-state index is 3.62. The van der Waals surface area contributed by atoms with Crippen molar-refractivity contribution in [3.63, 3.8) is 0 Å². The Labute approximate surface area is 94.4 Å². The quantitative estimate of drug-likeness (QED) is 0.768. The molecule has 0 amide bonds. The molecule has 0 aromatic heterocycles. The minimum absolute atomic E-state index is 0.257. The van der Waals surface area contributed by atoms with E-state index in [-0.39, 0.29) is 5.54 Å². The van der Waals surface area contributed by atoms with E-state index >= 15 is 0 Å². The third-order valence-electron chi connectivity index (χ3n) is 3.95. The normalized spacial score (nSPS) is 33.6. The average Bonchev–Trinajstić information content (AvgIpc) is 2.73. The van der Waals surface area contributed by atoms with Gasteiger partial charge in [0.05, 0.1) is 0 Å². The third kappa shape index (κ3) is 2.73. The van der Waals surface area contributed by atoms with Crippen molar-refractivity contribution in [2.24, 2.45) is 5.92 Å². The Balaban J connectivity index is 1.79. The van der Waals surface area contributed by atoms with Crippen LogP contribution in [0.25, 0.3) is 0 Å². The molecule has 88 valence electrons. The van der Waals surface area contributed by atoms with E-state index in [0.29, 0.717) is 6.04 Å². The largest absolute Gasteiger partial charge is 0.311 e. The topological polar surface area (TPSA) is 15.3 Å². The van der Waals surface area contributed by atoms with Gasteiger partial charge in [-0.25, -0.2) is 0 Å². The molecule has 1 heterocycles. The second kappa shape index (κ2) is 4.06. The van der Waals surface area contributed by atoms with Crippen LogP contribution in [0.15, 0.2) is 0 Å². The van der Waals surface area contributed by atoms with Crippen molar-refractivity contribution in [2.75, 3.05) is 13.1 Å². The number of fused-ring (bicyclic) bond motifs is 2. The Kier molecular flexibility index (Phi) is 3.09. The van der Waals surface area contributed by atoms with Gasteiger partial charge in [-0.2, -0.15) is 0 Å². The molecule has 2 bridgehead atoms. The highest BCUT2D eigenvalue weighted by Crippen LogP contribution is 2.38. The van der Waals surface area contributed by atoms with Gasteiger partial charge in [0.2, 0.25) is 0 Å². The summed E-state index contributed by atoms with van der Waals surface area (Å²) in [7, 11) is 0. The fourth-order valence-electron chi connectivity index (χ4n) is 3.07. The van der Waals surface area contributed by atoms with Crippen molar-refractivity contribution in [3.05, 3.63) is 0 Å². The number of piperidine rings is 1. The molecule has 0 aromatic rings. The van der Waals surface area contributed by atoms with Crippen molar-refractivity contribution >= 4 is 0 Å². The van der Waals surface area contributed by atoms with E-state index in [0.717, 1.165) is 18.5 Å².